The maximum absolute atomic E-state index is 5.61. The zero-order valence-electron chi connectivity index (χ0n) is 8.91. The third-order valence-electron chi connectivity index (χ3n) is 2.70. The van der Waals surface area contributed by atoms with Gasteiger partial charge in [-0.2, -0.15) is 0 Å². The highest BCUT2D eigenvalue weighted by molar-refractivity contribution is 5.39. The van der Waals surface area contributed by atoms with Gasteiger partial charge in [0, 0.05) is 25.4 Å². The molecule has 0 spiro atoms. The fraction of sp³-hybridized carbons (Fsp3) is 0.500. The minimum atomic E-state index is 0.416. The zero-order valence-corrected chi connectivity index (χ0v) is 8.91. The monoisotopic (exact) mass is 206 g/mol. The molecule has 0 aliphatic carbocycles. The van der Waals surface area contributed by atoms with Crippen LogP contribution in [0.1, 0.15) is 18.4 Å². The van der Waals surface area contributed by atoms with Crippen LogP contribution >= 0.6 is 0 Å². The van der Waals surface area contributed by atoms with Crippen molar-refractivity contribution in [3.8, 4) is 0 Å². The lowest BCUT2D eigenvalue weighted by atomic mass is 10.2. The number of rotatable bonds is 4. The molecule has 3 nitrogen and oxygen atoms in total. The summed E-state index contributed by atoms with van der Waals surface area (Å²) in [7, 11) is 0. The number of hydrogen-bond donors (Lipinski definition) is 2. The molecule has 1 heterocycles. The van der Waals surface area contributed by atoms with Gasteiger partial charge in [0.15, 0.2) is 0 Å². The second kappa shape index (κ2) is 5.14. The summed E-state index contributed by atoms with van der Waals surface area (Å²) < 4.78 is 5.53. The Kier molecular flexibility index (Phi) is 3.59. The second-order valence-corrected chi connectivity index (χ2v) is 4.01. The van der Waals surface area contributed by atoms with Gasteiger partial charge in [-0.1, -0.05) is 12.1 Å². The molecule has 1 aliphatic rings. The van der Waals surface area contributed by atoms with Crippen molar-refractivity contribution in [1.29, 1.82) is 0 Å². The van der Waals surface area contributed by atoms with Crippen LogP contribution in [0.15, 0.2) is 24.3 Å². The molecular formula is C12H18N2O. The summed E-state index contributed by atoms with van der Waals surface area (Å²) in [6.07, 6.45) is 2.81. The minimum Gasteiger partial charge on any atom is -0.399 e. The fourth-order valence-electron chi connectivity index (χ4n) is 1.82. The van der Waals surface area contributed by atoms with E-state index < -0.39 is 0 Å². The first-order chi connectivity index (χ1) is 7.34. The lowest BCUT2D eigenvalue weighted by Crippen LogP contribution is -2.25. The predicted molar refractivity (Wildman–Crippen MR) is 61.5 cm³/mol. The van der Waals surface area contributed by atoms with Crippen molar-refractivity contribution >= 4 is 5.69 Å². The number of nitrogens with one attached hydrogen (secondary N) is 1. The Labute approximate surface area is 90.6 Å². The van der Waals surface area contributed by atoms with Crippen LogP contribution in [0.25, 0.3) is 0 Å². The quantitative estimate of drug-likeness (QED) is 0.735. The molecule has 82 valence electrons. The number of nitrogens with two attached hydrogens (primary N) is 1. The molecule has 1 aromatic carbocycles. The van der Waals surface area contributed by atoms with Gasteiger partial charge in [-0.15, -0.1) is 0 Å². The highest BCUT2D eigenvalue weighted by atomic mass is 16.5. The molecule has 1 fully saturated rings. The summed E-state index contributed by atoms with van der Waals surface area (Å²) in [6.45, 7) is 2.76. The first kappa shape index (κ1) is 10.5. The van der Waals surface area contributed by atoms with E-state index in [2.05, 4.69) is 17.4 Å². The zero-order chi connectivity index (χ0) is 10.5. The van der Waals surface area contributed by atoms with Gasteiger partial charge in [0.1, 0.15) is 0 Å². The van der Waals surface area contributed by atoms with E-state index in [9.17, 15) is 0 Å². The Morgan fingerprint density at radius 1 is 1.33 bits per heavy atom. The van der Waals surface area contributed by atoms with E-state index in [1.54, 1.807) is 0 Å². The molecule has 1 saturated heterocycles. The largest absolute Gasteiger partial charge is 0.399 e. The Hall–Kier alpha value is -1.06. The molecule has 1 aliphatic heterocycles. The van der Waals surface area contributed by atoms with E-state index in [0.717, 1.165) is 25.4 Å². The molecule has 0 aromatic heterocycles. The van der Waals surface area contributed by atoms with E-state index in [1.807, 2.05) is 12.1 Å². The summed E-state index contributed by atoms with van der Waals surface area (Å²) in [5.41, 5.74) is 7.70. The van der Waals surface area contributed by atoms with Crippen LogP contribution in [0, 0.1) is 0 Å². The van der Waals surface area contributed by atoms with Gasteiger partial charge in [0.2, 0.25) is 0 Å². The topological polar surface area (TPSA) is 47.3 Å². The smallest absolute Gasteiger partial charge is 0.0700 e. The number of ether oxygens (including phenoxy) is 1. The molecule has 15 heavy (non-hydrogen) atoms. The Morgan fingerprint density at radius 2 is 2.13 bits per heavy atom. The Morgan fingerprint density at radius 3 is 2.80 bits per heavy atom. The number of anilines is 1. The number of benzene rings is 1. The molecule has 1 aromatic rings. The molecule has 1 atom stereocenters. The SMILES string of the molecule is Nc1ccc(CNCC2CCCO2)cc1. The Bertz CT molecular complexity index is 291. The van der Waals surface area contributed by atoms with E-state index in [1.165, 1.54) is 18.4 Å². The Balaban J connectivity index is 1.71. The predicted octanol–water partition coefficient (Wildman–Crippen LogP) is 1.54. The standard InChI is InChI=1S/C12H18N2O/c13-11-5-3-10(4-6-11)8-14-9-12-2-1-7-15-12/h3-6,12,14H,1-2,7-9,13H2. The van der Waals surface area contributed by atoms with Crippen LogP contribution in [0.5, 0.6) is 0 Å². The van der Waals surface area contributed by atoms with Crippen molar-refractivity contribution in [3.63, 3.8) is 0 Å². The van der Waals surface area contributed by atoms with Crippen molar-refractivity contribution in [3.05, 3.63) is 29.8 Å². The van der Waals surface area contributed by atoms with Gasteiger partial charge in [0.05, 0.1) is 6.10 Å². The molecule has 0 bridgehead atoms. The van der Waals surface area contributed by atoms with Crippen molar-refractivity contribution in [2.45, 2.75) is 25.5 Å². The number of nitrogen functional groups attached to an aromatic ring is 1. The molecule has 0 amide bonds. The summed E-state index contributed by atoms with van der Waals surface area (Å²) in [5, 5.41) is 3.40. The average molecular weight is 206 g/mol. The fourth-order valence-corrected chi connectivity index (χ4v) is 1.82. The van der Waals surface area contributed by atoms with Crippen LogP contribution in [0.2, 0.25) is 0 Å². The van der Waals surface area contributed by atoms with Gasteiger partial charge in [-0.05, 0) is 30.5 Å². The summed E-state index contributed by atoms with van der Waals surface area (Å²) >= 11 is 0. The lowest BCUT2D eigenvalue weighted by Gasteiger charge is -2.10. The van der Waals surface area contributed by atoms with Gasteiger partial charge in [-0.3, -0.25) is 0 Å². The van der Waals surface area contributed by atoms with Crippen LogP contribution in [0.4, 0.5) is 5.69 Å². The lowest BCUT2D eigenvalue weighted by molar-refractivity contribution is 0.110. The van der Waals surface area contributed by atoms with Crippen LogP contribution < -0.4 is 11.1 Å². The van der Waals surface area contributed by atoms with Gasteiger partial charge >= 0.3 is 0 Å². The van der Waals surface area contributed by atoms with Crippen molar-refractivity contribution in [1.82, 2.24) is 5.32 Å². The highest BCUT2D eigenvalue weighted by Gasteiger charge is 2.14. The van der Waals surface area contributed by atoms with Crippen molar-refractivity contribution in [2.24, 2.45) is 0 Å². The molecule has 0 radical (unpaired) electrons. The maximum Gasteiger partial charge on any atom is 0.0700 e. The third-order valence-corrected chi connectivity index (χ3v) is 2.70. The first-order valence-corrected chi connectivity index (χ1v) is 5.51. The average Bonchev–Trinajstić information content (AvgIpc) is 2.74. The molecule has 1 unspecified atom stereocenters. The summed E-state index contributed by atoms with van der Waals surface area (Å²) in [6, 6.07) is 7.97. The second-order valence-electron chi connectivity index (χ2n) is 4.01. The number of hydrogen-bond acceptors (Lipinski definition) is 3. The van der Waals surface area contributed by atoms with Gasteiger partial charge in [-0.25, -0.2) is 0 Å². The maximum atomic E-state index is 5.61. The summed E-state index contributed by atoms with van der Waals surface area (Å²) in [5.74, 6) is 0. The normalized spacial score (nSPS) is 20.7. The third kappa shape index (κ3) is 3.22. The minimum absolute atomic E-state index is 0.416. The summed E-state index contributed by atoms with van der Waals surface area (Å²) in [4.78, 5) is 0. The van der Waals surface area contributed by atoms with Crippen LogP contribution in [0.3, 0.4) is 0 Å². The van der Waals surface area contributed by atoms with E-state index >= 15 is 0 Å². The van der Waals surface area contributed by atoms with Crippen LogP contribution in [-0.2, 0) is 11.3 Å². The van der Waals surface area contributed by atoms with E-state index in [0.29, 0.717) is 6.10 Å². The highest BCUT2D eigenvalue weighted by Crippen LogP contribution is 2.11. The van der Waals surface area contributed by atoms with E-state index in [-0.39, 0.29) is 0 Å². The molecule has 3 heteroatoms. The first-order valence-electron chi connectivity index (χ1n) is 5.51. The van der Waals surface area contributed by atoms with E-state index in [4.69, 9.17) is 10.5 Å². The molecule has 0 saturated carbocycles. The van der Waals surface area contributed by atoms with Crippen LogP contribution in [-0.4, -0.2) is 19.3 Å². The molecule has 3 N–H and O–H groups in total. The molecule has 2 rings (SSSR count). The van der Waals surface area contributed by atoms with Gasteiger partial charge in [0.25, 0.3) is 0 Å². The van der Waals surface area contributed by atoms with Crippen molar-refractivity contribution in [2.75, 3.05) is 18.9 Å². The van der Waals surface area contributed by atoms with Gasteiger partial charge < -0.3 is 15.8 Å². The van der Waals surface area contributed by atoms with Crippen molar-refractivity contribution < 1.29 is 4.74 Å². The molecular weight excluding hydrogens is 188 g/mol.